The largest absolute Gasteiger partial charge is 0.350 e. The van der Waals surface area contributed by atoms with Crippen molar-refractivity contribution in [3.8, 4) is 11.1 Å². The second kappa shape index (κ2) is 7.94. The number of fused-ring (bicyclic) bond motifs is 2. The lowest BCUT2D eigenvalue weighted by atomic mass is 9.90. The van der Waals surface area contributed by atoms with Crippen molar-refractivity contribution >= 4 is 34.0 Å². The second-order valence-corrected chi connectivity index (χ2v) is 7.99. The number of benzene rings is 4. The molecule has 0 fully saturated rings. The average Bonchev–Trinajstić information content (AvgIpc) is 3.32. The first kappa shape index (κ1) is 19.8. The summed E-state index contributed by atoms with van der Waals surface area (Å²) in [5, 5.41) is 11.6. The van der Waals surface area contributed by atoms with Crippen LogP contribution in [-0.2, 0) is 0 Å². The van der Waals surface area contributed by atoms with E-state index < -0.39 is 0 Å². The van der Waals surface area contributed by atoms with Gasteiger partial charge in [0.15, 0.2) is 0 Å². The molecule has 0 saturated heterocycles. The number of anilines is 1. The van der Waals surface area contributed by atoms with Gasteiger partial charge in [-0.05, 0) is 35.4 Å². The van der Waals surface area contributed by atoms with E-state index in [1.54, 1.807) is 24.3 Å². The fraction of sp³-hybridized carbons (Fsp3) is 0. The Bertz CT molecular complexity index is 1600. The van der Waals surface area contributed by atoms with Crippen LogP contribution in [0.1, 0.15) is 20.7 Å². The van der Waals surface area contributed by atoms with Crippen molar-refractivity contribution < 1.29 is 9.59 Å². The molecule has 1 N–H and O–H groups in total. The molecule has 5 aromatic rings. The van der Waals surface area contributed by atoms with Crippen molar-refractivity contribution in [2.75, 3.05) is 5.32 Å². The highest BCUT2D eigenvalue weighted by molar-refractivity contribution is 6.38. The Morgan fingerprint density at radius 2 is 1.24 bits per heavy atom. The minimum absolute atomic E-state index is 0.157. The van der Waals surface area contributed by atoms with E-state index >= 15 is 0 Å². The van der Waals surface area contributed by atoms with E-state index in [1.807, 2.05) is 78.9 Å². The molecule has 0 amide bonds. The molecule has 4 aromatic carbocycles. The van der Waals surface area contributed by atoms with E-state index in [9.17, 15) is 9.59 Å². The van der Waals surface area contributed by atoms with Crippen molar-refractivity contribution in [1.29, 1.82) is 0 Å². The lowest BCUT2D eigenvalue weighted by molar-refractivity contribution is 0.0988. The molecular weight excluding hydrogens is 424 g/mol. The number of hydrogen-bond donors (Lipinski definition) is 1. The Hall–Kier alpha value is -4.84. The molecule has 1 aliphatic rings. The zero-order valence-electron chi connectivity index (χ0n) is 18.0. The molecule has 1 heterocycles. The van der Waals surface area contributed by atoms with Gasteiger partial charge in [0.05, 0.1) is 5.52 Å². The van der Waals surface area contributed by atoms with Crippen LogP contribution in [0.4, 0.5) is 5.69 Å². The van der Waals surface area contributed by atoms with Crippen LogP contribution in [0.15, 0.2) is 109 Å². The first-order valence-corrected chi connectivity index (χ1v) is 10.9. The minimum atomic E-state index is -0.283. The Kier molecular flexibility index (Phi) is 4.63. The predicted octanol–water partition coefficient (Wildman–Crippen LogP) is 5.46. The molecule has 0 bridgehead atoms. The van der Waals surface area contributed by atoms with Crippen LogP contribution in [0.25, 0.3) is 27.9 Å². The molecule has 0 aliphatic heterocycles. The number of rotatable bonds is 4. The maximum Gasteiger partial charge on any atom is 0.214 e. The summed E-state index contributed by atoms with van der Waals surface area (Å²) in [7, 11) is 0. The van der Waals surface area contributed by atoms with E-state index in [4.69, 9.17) is 0 Å². The fourth-order valence-electron chi connectivity index (χ4n) is 4.24. The summed E-state index contributed by atoms with van der Waals surface area (Å²) in [4.78, 5) is 27.2. The SMILES string of the molecule is O=C1C(Nc2ccc(-c3ccccc3)cc2)=C(n2nnc3ccccc32)C(=O)c2ccccc21. The van der Waals surface area contributed by atoms with Gasteiger partial charge < -0.3 is 5.32 Å². The number of nitrogens with zero attached hydrogens (tertiary/aromatic N) is 3. The molecule has 0 spiro atoms. The quantitative estimate of drug-likeness (QED) is 0.400. The first-order valence-electron chi connectivity index (χ1n) is 10.9. The number of ketones is 2. The van der Waals surface area contributed by atoms with Gasteiger partial charge in [-0.3, -0.25) is 9.59 Å². The van der Waals surface area contributed by atoms with Crippen LogP contribution in [0.2, 0.25) is 0 Å². The van der Waals surface area contributed by atoms with Gasteiger partial charge in [0.2, 0.25) is 11.6 Å². The van der Waals surface area contributed by atoms with Gasteiger partial charge >= 0.3 is 0 Å². The molecule has 0 atom stereocenters. The van der Waals surface area contributed by atoms with Crippen LogP contribution in [0, 0.1) is 0 Å². The molecule has 0 unspecified atom stereocenters. The monoisotopic (exact) mass is 442 g/mol. The minimum Gasteiger partial charge on any atom is -0.350 e. The van der Waals surface area contributed by atoms with E-state index in [1.165, 1.54) is 4.68 Å². The van der Waals surface area contributed by atoms with Gasteiger partial charge in [0.1, 0.15) is 16.9 Å². The Balaban J connectivity index is 1.48. The summed E-state index contributed by atoms with van der Waals surface area (Å²) >= 11 is 0. The molecule has 6 heteroatoms. The third-order valence-corrected chi connectivity index (χ3v) is 5.92. The third kappa shape index (κ3) is 3.20. The maximum atomic E-state index is 13.6. The summed E-state index contributed by atoms with van der Waals surface area (Å²) < 4.78 is 1.45. The molecule has 34 heavy (non-hydrogen) atoms. The number of carbonyl (C=O) groups is 2. The maximum absolute atomic E-state index is 13.6. The zero-order valence-corrected chi connectivity index (χ0v) is 18.0. The molecule has 6 rings (SSSR count). The number of para-hydroxylation sites is 1. The van der Waals surface area contributed by atoms with Crippen LogP contribution in [0.3, 0.4) is 0 Å². The second-order valence-electron chi connectivity index (χ2n) is 7.99. The van der Waals surface area contributed by atoms with Gasteiger partial charge in [0, 0.05) is 16.8 Å². The van der Waals surface area contributed by atoms with E-state index in [0.717, 1.165) is 11.1 Å². The fourth-order valence-corrected chi connectivity index (χ4v) is 4.24. The summed E-state index contributed by atoms with van der Waals surface area (Å²) in [6, 6.07) is 32.0. The van der Waals surface area contributed by atoms with E-state index in [-0.39, 0.29) is 23.0 Å². The highest BCUT2D eigenvalue weighted by atomic mass is 16.1. The predicted molar refractivity (Wildman–Crippen MR) is 131 cm³/mol. The topological polar surface area (TPSA) is 76.9 Å². The number of hydrogen-bond acceptors (Lipinski definition) is 5. The summed E-state index contributed by atoms with van der Waals surface area (Å²) in [5.74, 6) is -0.550. The summed E-state index contributed by atoms with van der Waals surface area (Å²) in [6.07, 6.45) is 0. The number of nitrogens with one attached hydrogen (secondary N) is 1. The molecular formula is C28H18N4O2. The van der Waals surface area contributed by atoms with Crippen molar-refractivity contribution in [1.82, 2.24) is 15.0 Å². The van der Waals surface area contributed by atoms with Crippen molar-refractivity contribution in [2.24, 2.45) is 0 Å². The third-order valence-electron chi connectivity index (χ3n) is 5.92. The Labute approximate surface area is 195 Å². The molecule has 1 aromatic heterocycles. The Morgan fingerprint density at radius 3 is 2.00 bits per heavy atom. The molecule has 162 valence electrons. The van der Waals surface area contributed by atoms with E-state index in [0.29, 0.717) is 27.8 Å². The number of carbonyl (C=O) groups excluding carboxylic acids is 2. The number of aromatic nitrogens is 3. The van der Waals surface area contributed by atoms with Gasteiger partial charge in [-0.15, -0.1) is 5.10 Å². The average molecular weight is 442 g/mol. The lowest BCUT2D eigenvalue weighted by Crippen LogP contribution is -2.28. The molecule has 0 radical (unpaired) electrons. The van der Waals surface area contributed by atoms with E-state index in [2.05, 4.69) is 15.6 Å². The molecule has 1 aliphatic carbocycles. The highest BCUT2D eigenvalue weighted by Gasteiger charge is 2.34. The van der Waals surface area contributed by atoms with Crippen molar-refractivity contribution in [3.63, 3.8) is 0 Å². The number of allylic oxidation sites excluding steroid dienone is 2. The standard InChI is InChI=1S/C28H18N4O2/c33-27-21-10-4-5-11-22(21)28(34)26(32-24-13-7-6-12-23(24)30-31-32)25(27)29-20-16-14-19(15-17-20)18-8-2-1-3-9-18/h1-17,29H. The summed E-state index contributed by atoms with van der Waals surface area (Å²) in [6.45, 7) is 0. The Morgan fingerprint density at radius 1 is 0.618 bits per heavy atom. The lowest BCUT2D eigenvalue weighted by Gasteiger charge is -2.22. The van der Waals surface area contributed by atoms with Crippen LogP contribution in [0.5, 0.6) is 0 Å². The first-order chi connectivity index (χ1) is 16.7. The van der Waals surface area contributed by atoms with Crippen molar-refractivity contribution in [3.05, 3.63) is 120 Å². The molecule has 0 saturated carbocycles. The van der Waals surface area contributed by atoms with Crippen molar-refractivity contribution in [2.45, 2.75) is 0 Å². The van der Waals surface area contributed by atoms with Gasteiger partial charge in [-0.2, -0.15) is 0 Å². The van der Waals surface area contributed by atoms with Gasteiger partial charge in [-0.1, -0.05) is 84.1 Å². The highest BCUT2D eigenvalue weighted by Crippen LogP contribution is 2.32. The molecule has 6 nitrogen and oxygen atoms in total. The van der Waals surface area contributed by atoms with Gasteiger partial charge in [-0.25, -0.2) is 4.68 Å². The normalized spacial score (nSPS) is 13.3. The smallest absolute Gasteiger partial charge is 0.214 e. The van der Waals surface area contributed by atoms with Crippen LogP contribution in [-0.4, -0.2) is 26.6 Å². The zero-order chi connectivity index (χ0) is 23.1. The van der Waals surface area contributed by atoms with Crippen LogP contribution < -0.4 is 5.32 Å². The number of Topliss-reactive ketones (excluding diaryl/α,β-unsaturated/α-hetero) is 2. The summed E-state index contributed by atoms with van der Waals surface area (Å²) in [5.41, 5.74) is 5.18. The van der Waals surface area contributed by atoms with Gasteiger partial charge in [0.25, 0.3) is 0 Å². The van der Waals surface area contributed by atoms with Crippen LogP contribution >= 0.6 is 0 Å².